The number of fused-ring (bicyclic) bond motifs is 1. The van der Waals surface area contributed by atoms with Crippen LogP contribution in [-0.2, 0) is 17.6 Å². The van der Waals surface area contributed by atoms with E-state index in [0.29, 0.717) is 30.4 Å². The number of carbonyl (C=O) groups is 1. The first kappa shape index (κ1) is 23.2. The van der Waals surface area contributed by atoms with Crippen molar-refractivity contribution in [1.82, 2.24) is 5.16 Å². The molecular formula is C23H25Cl2NO5. The Morgan fingerprint density at radius 3 is 2.48 bits per heavy atom. The number of benzene rings is 2. The third-order valence-corrected chi connectivity index (χ3v) is 5.45. The number of aromatic nitrogens is 1. The summed E-state index contributed by atoms with van der Waals surface area (Å²) in [5.41, 5.74) is 3.00. The van der Waals surface area contributed by atoms with E-state index in [-0.39, 0.29) is 10.6 Å². The summed E-state index contributed by atoms with van der Waals surface area (Å²) in [6, 6.07) is 6.93. The minimum Gasteiger partial charge on any atom is -0.493 e. The van der Waals surface area contributed by atoms with Gasteiger partial charge in [0.2, 0.25) is 0 Å². The minimum absolute atomic E-state index is 0.197. The molecule has 0 unspecified atom stereocenters. The van der Waals surface area contributed by atoms with Gasteiger partial charge < -0.3 is 18.7 Å². The van der Waals surface area contributed by atoms with E-state index in [2.05, 4.69) is 23.7 Å². The van der Waals surface area contributed by atoms with Gasteiger partial charge in [0.15, 0.2) is 5.58 Å². The summed E-state index contributed by atoms with van der Waals surface area (Å²) >= 11 is 12.3. The fourth-order valence-corrected chi connectivity index (χ4v) is 3.75. The molecule has 31 heavy (non-hydrogen) atoms. The van der Waals surface area contributed by atoms with E-state index in [0.717, 1.165) is 47.2 Å². The van der Waals surface area contributed by atoms with Gasteiger partial charge in [-0.2, -0.15) is 0 Å². The Morgan fingerprint density at radius 2 is 1.81 bits per heavy atom. The van der Waals surface area contributed by atoms with E-state index in [1.807, 2.05) is 12.1 Å². The van der Waals surface area contributed by atoms with Gasteiger partial charge >= 0.3 is 5.97 Å². The highest BCUT2D eigenvalue weighted by Crippen LogP contribution is 2.33. The number of hydrogen-bond donors (Lipinski definition) is 0. The summed E-state index contributed by atoms with van der Waals surface area (Å²) in [5, 5.41) is 5.73. The molecule has 3 rings (SSSR count). The average molecular weight is 466 g/mol. The van der Waals surface area contributed by atoms with E-state index >= 15 is 0 Å². The summed E-state index contributed by atoms with van der Waals surface area (Å²) in [4.78, 5) is 11.7. The van der Waals surface area contributed by atoms with Crippen LogP contribution in [0, 0.1) is 0 Å². The van der Waals surface area contributed by atoms with Crippen LogP contribution in [0.3, 0.4) is 0 Å². The predicted molar refractivity (Wildman–Crippen MR) is 121 cm³/mol. The highest BCUT2D eigenvalue weighted by Gasteiger charge is 2.17. The second-order valence-electron chi connectivity index (χ2n) is 6.96. The molecule has 0 N–H and O–H groups in total. The Kier molecular flexibility index (Phi) is 8.04. The van der Waals surface area contributed by atoms with Gasteiger partial charge in [0.05, 0.1) is 41.6 Å². The molecule has 0 radical (unpaired) electrons. The molecule has 2 aromatic carbocycles. The van der Waals surface area contributed by atoms with Crippen molar-refractivity contribution in [1.29, 1.82) is 0 Å². The van der Waals surface area contributed by atoms with Crippen molar-refractivity contribution in [2.45, 2.75) is 39.5 Å². The van der Waals surface area contributed by atoms with E-state index in [4.69, 9.17) is 37.2 Å². The molecule has 0 fully saturated rings. The van der Waals surface area contributed by atoms with Gasteiger partial charge in [-0.25, -0.2) is 4.79 Å². The molecule has 0 bridgehead atoms. The lowest BCUT2D eigenvalue weighted by molar-refractivity contribution is 0.0601. The monoisotopic (exact) mass is 465 g/mol. The molecule has 166 valence electrons. The lowest BCUT2D eigenvalue weighted by Gasteiger charge is -2.13. The standard InChI is InChI=1S/C23H25Cl2NO5/c1-4-7-15-20(9-8-14-19(5-2)26-31-22(14)15)29-10-6-11-30-21-13-17(24)16(12-18(21)25)23(27)28-3/h8-9,12-13H,4-7,10-11H2,1-3H3. The topological polar surface area (TPSA) is 70.8 Å². The predicted octanol–water partition coefficient (Wildman–Crippen LogP) is 6.28. The summed E-state index contributed by atoms with van der Waals surface area (Å²) in [7, 11) is 1.28. The molecule has 0 aliphatic carbocycles. The first-order chi connectivity index (χ1) is 15.0. The third-order valence-electron chi connectivity index (χ3n) is 4.84. The Morgan fingerprint density at radius 1 is 1.06 bits per heavy atom. The first-order valence-electron chi connectivity index (χ1n) is 10.2. The third kappa shape index (κ3) is 5.25. The number of nitrogens with zero attached hydrogens (tertiary/aromatic N) is 1. The highest BCUT2D eigenvalue weighted by atomic mass is 35.5. The molecule has 6 nitrogen and oxygen atoms in total. The lowest BCUT2D eigenvalue weighted by Crippen LogP contribution is -2.07. The molecule has 0 spiro atoms. The quantitative estimate of drug-likeness (QED) is 0.259. The zero-order valence-corrected chi connectivity index (χ0v) is 19.3. The van der Waals surface area contributed by atoms with Crippen LogP contribution in [0.5, 0.6) is 11.5 Å². The van der Waals surface area contributed by atoms with Crippen molar-refractivity contribution < 1.29 is 23.5 Å². The molecule has 0 saturated carbocycles. The number of hydrogen-bond acceptors (Lipinski definition) is 6. The summed E-state index contributed by atoms with van der Waals surface area (Å²) in [5.74, 6) is 0.655. The molecule has 0 aliphatic rings. The summed E-state index contributed by atoms with van der Waals surface area (Å²) < 4.78 is 22.0. The number of esters is 1. The zero-order chi connectivity index (χ0) is 22.4. The largest absolute Gasteiger partial charge is 0.493 e. The van der Waals surface area contributed by atoms with Crippen LogP contribution < -0.4 is 9.47 Å². The summed E-state index contributed by atoms with van der Waals surface area (Å²) in [6.07, 6.45) is 3.28. The zero-order valence-electron chi connectivity index (χ0n) is 17.8. The van der Waals surface area contributed by atoms with Crippen molar-refractivity contribution in [3.05, 3.63) is 51.1 Å². The van der Waals surface area contributed by atoms with Crippen LogP contribution in [0.4, 0.5) is 0 Å². The fourth-order valence-electron chi connectivity index (χ4n) is 3.30. The van der Waals surface area contributed by atoms with E-state index in [9.17, 15) is 4.79 Å². The fraction of sp³-hybridized carbons (Fsp3) is 0.391. The maximum Gasteiger partial charge on any atom is 0.339 e. The van der Waals surface area contributed by atoms with Gasteiger partial charge in [0.25, 0.3) is 0 Å². The number of carbonyl (C=O) groups excluding carboxylic acids is 1. The Labute approximate surface area is 191 Å². The number of methoxy groups -OCH3 is 1. The van der Waals surface area contributed by atoms with Crippen LogP contribution in [0.15, 0.2) is 28.8 Å². The van der Waals surface area contributed by atoms with E-state index in [1.54, 1.807) is 0 Å². The van der Waals surface area contributed by atoms with E-state index < -0.39 is 5.97 Å². The molecule has 0 aliphatic heterocycles. The second kappa shape index (κ2) is 10.7. The smallest absolute Gasteiger partial charge is 0.339 e. The van der Waals surface area contributed by atoms with Gasteiger partial charge in [0.1, 0.15) is 11.5 Å². The van der Waals surface area contributed by atoms with E-state index in [1.165, 1.54) is 19.2 Å². The maximum absolute atomic E-state index is 11.7. The molecule has 1 heterocycles. The van der Waals surface area contributed by atoms with Crippen LogP contribution in [-0.4, -0.2) is 31.4 Å². The average Bonchev–Trinajstić information content (AvgIpc) is 3.19. The molecular weight excluding hydrogens is 441 g/mol. The number of ether oxygens (including phenoxy) is 3. The maximum atomic E-state index is 11.7. The lowest BCUT2D eigenvalue weighted by atomic mass is 10.0. The van der Waals surface area contributed by atoms with Crippen LogP contribution >= 0.6 is 23.2 Å². The molecule has 0 atom stereocenters. The molecule has 3 aromatic rings. The van der Waals surface area contributed by atoms with Gasteiger partial charge in [-0.3, -0.25) is 0 Å². The van der Waals surface area contributed by atoms with Crippen molar-refractivity contribution in [3.63, 3.8) is 0 Å². The van der Waals surface area contributed by atoms with Gasteiger partial charge in [-0.15, -0.1) is 0 Å². The molecule has 8 heteroatoms. The Bertz CT molecular complexity index is 1060. The molecule has 0 saturated heterocycles. The molecule has 1 aromatic heterocycles. The number of halogens is 2. The van der Waals surface area contributed by atoms with Gasteiger partial charge in [0, 0.05) is 23.4 Å². The van der Waals surface area contributed by atoms with Crippen molar-refractivity contribution in [2.24, 2.45) is 0 Å². The van der Waals surface area contributed by atoms with Crippen molar-refractivity contribution in [2.75, 3.05) is 20.3 Å². The number of rotatable bonds is 10. The Hall–Kier alpha value is -2.44. The second-order valence-corrected chi connectivity index (χ2v) is 7.77. The van der Waals surface area contributed by atoms with Crippen LogP contribution in [0.1, 0.15) is 48.3 Å². The highest BCUT2D eigenvalue weighted by molar-refractivity contribution is 6.36. The minimum atomic E-state index is -0.551. The normalized spacial score (nSPS) is 11.0. The van der Waals surface area contributed by atoms with Crippen molar-refractivity contribution in [3.8, 4) is 11.5 Å². The summed E-state index contributed by atoms with van der Waals surface area (Å²) in [6.45, 7) is 5.02. The Balaban J connectivity index is 1.60. The SMILES string of the molecule is CCCc1c(OCCCOc2cc(Cl)c(C(=O)OC)cc2Cl)ccc2c(CC)noc12. The van der Waals surface area contributed by atoms with Crippen molar-refractivity contribution >= 4 is 40.1 Å². The van der Waals surface area contributed by atoms with Gasteiger partial charge in [-0.1, -0.05) is 48.6 Å². The molecule has 0 amide bonds. The van der Waals surface area contributed by atoms with Crippen LogP contribution in [0.2, 0.25) is 10.0 Å². The van der Waals surface area contributed by atoms with Crippen LogP contribution in [0.25, 0.3) is 11.0 Å². The first-order valence-corrected chi connectivity index (χ1v) is 11.0. The van der Waals surface area contributed by atoms with Gasteiger partial charge in [-0.05, 0) is 31.0 Å². The number of aryl methyl sites for hydroxylation is 2.